The van der Waals surface area contributed by atoms with Crippen molar-refractivity contribution in [1.82, 2.24) is 0 Å². The fourth-order valence-electron chi connectivity index (χ4n) is 2.79. The van der Waals surface area contributed by atoms with E-state index in [1.165, 1.54) is 0 Å². The fraction of sp³-hybridized carbons (Fsp3) is 1.00. The molecule has 38 heavy (non-hydrogen) atoms. The Morgan fingerprint density at radius 2 is 0.395 bits per heavy atom. The molecule has 0 atom stereocenters. The number of hydrogen-bond donors (Lipinski definition) is 12. The quantitative estimate of drug-likeness (QED) is 0.0684. The van der Waals surface area contributed by atoms with Crippen molar-refractivity contribution in [2.45, 2.75) is 36.6 Å². The summed E-state index contributed by atoms with van der Waals surface area (Å²) in [4.78, 5) is 110. The maximum Gasteiger partial charge on any atom is 0.470 e. The molecule has 0 bridgehead atoms. The van der Waals surface area contributed by atoms with Crippen molar-refractivity contribution in [1.29, 1.82) is 0 Å². The molecule has 1 fully saturated rings. The van der Waals surface area contributed by atoms with Crippen molar-refractivity contribution >= 4 is 150 Å². The minimum atomic E-state index is -6.02. The average molecular weight is 742 g/mol. The molecule has 12 N–H and O–H groups in total. The van der Waals surface area contributed by atoms with Crippen molar-refractivity contribution in [2.75, 3.05) is 0 Å². The molecule has 2 radical (unpaired) electrons. The van der Waals surface area contributed by atoms with E-state index in [4.69, 9.17) is 58.7 Å². The molecule has 0 aliphatic heterocycles. The maximum atomic E-state index is 11.4. The van der Waals surface area contributed by atoms with E-state index in [0.717, 1.165) is 0 Å². The second-order valence-corrected chi connectivity index (χ2v) is 13.5. The third-order valence-electron chi connectivity index (χ3n) is 3.50. The van der Waals surface area contributed by atoms with Crippen LogP contribution in [0.5, 0.6) is 0 Å². The van der Waals surface area contributed by atoms with E-state index < -0.39 is 83.6 Å². The second kappa shape index (κ2) is 16.0. The van der Waals surface area contributed by atoms with Crippen LogP contribution in [0.3, 0.4) is 0 Å². The molecule has 0 heterocycles. The van der Waals surface area contributed by atoms with Crippen LogP contribution >= 0.6 is 46.9 Å². The third-order valence-corrected chi connectivity index (χ3v) is 6.61. The first-order valence-electron chi connectivity index (χ1n) is 8.01. The van der Waals surface area contributed by atoms with Gasteiger partial charge in [-0.1, -0.05) is 0 Å². The molecule has 0 spiro atoms. The fourth-order valence-corrected chi connectivity index (χ4v) is 6.14. The summed E-state index contributed by atoms with van der Waals surface area (Å²) in [6.07, 6.45) is -18.9. The van der Waals surface area contributed by atoms with Crippen molar-refractivity contribution in [3.63, 3.8) is 0 Å². The Bertz CT molecular complexity index is 841. The Kier molecular flexibility index (Phi) is 18.5. The Labute approximate surface area is 298 Å². The summed E-state index contributed by atoms with van der Waals surface area (Å²) in [5.41, 5.74) is 0. The largest absolute Gasteiger partial charge is 0.470 e. The van der Waals surface area contributed by atoms with Gasteiger partial charge < -0.3 is 58.7 Å². The van der Waals surface area contributed by atoms with Crippen molar-refractivity contribution < 1.29 is 116 Å². The number of phosphoric ester groups is 6. The van der Waals surface area contributed by atoms with Crippen LogP contribution in [0.4, 0.5) is 0 Å². The van der Waals surface area contributed by atoms with Gasteiger partial charge in [0.15, 0.2) is 0 Å². The molecule has 1 rings (SSSR count). The van der Waals surface area contributed by atoms with E-state index in [-0.39, 0.29) is 106 Å². The van der Waals surface area contributed by atoms with E-state index in [9.17, 15) is 27.4 Å². The van der Waals surface area contributed by atoms with Crippen LogP contribution < -0.4 is 0 Å². The topological polar surface area (TPSA) is 401 Å². The van der Waals surface area contributed by atoms with Crippen LogP contribution in [-0.2, 0) is 54.5 Å². The molecule has 0 aromatic rings. The summed E-state index contributed by atoms with van der Waals surface area (Å²) in [5.74, 6) is 0. The second-order valence-electron chi connectivity index (χ2n) is 6.36. The molecular formula is C6H22K2O24P6. The van der Waals surface area contributed by atoms with Gasteiger partial charge in [-0.3, -0.25) is 27.1 Å². The molecule has 24 nitrogen and oxygen atoms in total. The van der Waals surface area contributed by atoms with E-state index in [0.29, 0.717) is 0 Å². The molecule has 1 aliphatic carbocycles. The van der Waals surface area contributed by atoms with Gasteiger partial charge in [0.2, 0.25) is 0 Å². The molecule has 1 saturated carbocycles. The summed E-state index contributed by atoms with van der Waals surface area (Å²) in [6, 6.07) is 0. The molecule has 0 amide bonds. The maximum absolute atomic E-state index is 11.4. The van der Waals surface area contributed by atoms with Crippen LogP contribution in [0.2, 0.25) is 0 Å². The zero-order chi connectivity index (χ0) is 28.7. The molecule has 0 aromatic heterocycles. The standard InChI is InChI=1S/C6H18O24P6.2K.2H2/c7-31(8,9)25-1-2(26-32(10,11)12)4(28-34(16,17)18)6(30-36(22,23)24)5(29-35(19,20)21)3(1)27-33(13,14)15;;;;/h1-6H,(H2,7,8,9)(H2,10,11,12)(H2,13,14,15)(H2,16,17,18)(H2,19,20,21)(H2,22,23,24);;;2*1H. The van der Waals surface area contributed by atoms with Crippen molar-refractivity contribution in [3.05, 3.63) is 0 Å². The number of rotatable bonds is 12. The van der Waals surface area contributed by atoms with Gasteiger partial charge in [0.25, 0.3) is 0 Å². The van der Waals surface area contributed by atoms with Crippen LogP contribution in [0.1, 0.15) is 2.85 Å². The van der Waals surface area contributed by atoms with Gasteiger partial charge in [-0.25, -0.2) is 27.4 Å². The van der Waals surface area contributed by atoms with E-state index >= 15 is 0 Å². The Morgan fingerprint density at radius 1 is 0.316 bits per heavy atom. The minimum Gasteiger partial charge on any atom is -0.303 e. The van der Waals surface area contributed by atoms with Gasteiger partial charge in [0, 0.05) is 106 Å². The smallest absolute Gasteiger partial charge is 0.303 e. The van der Waals surface area contributed by atoms with Gasteiger partial charge in [0.1, 0.15) is 36.6 Å². The van der Waals surface area contributed by atoms with E-state index in [1.54, 1.807) is 0 Å². The Morgan fingerprint density at radius 3 is 0.447 bits per heavy atom. The van der Waals surface area contributed by atoms with Gasteiger partial charge in [0.05, 0.1) is 0 Å². The van der Waals surface area contributed by atoms with Gasteiger partial charge >= 0.3 is 46.9 Å². The summed E-state index contributed by atoms with van der Waals surface area (Å²) in [7, 11) is -36.1. The molecule has 32 heteroatoms. The minimum absolute atomic E-state index is 0. The number of hydrogen-bond acceptors (Lipinski definition) is 12. The molecule has 0 unspecified atom stereocenters. The van der Waals surface area contributed by atoms with Gasteiger partial charge in [-0.2, -0.15) is 0 Å². The predicted octanol–water partition coefficient (Wildman–Crippen LogP) is -3.40. The number of phosphoric acid groups is 6. The third kappa shape index (κ3) is 18.0. The summed E-state index contributed by atoms with van der Waals surface area (Å²) >= 11 is 0. The van der Waals surface area contributed by atoms with E-state index in [2.05, 4.69) is 27.1 Å². The zero-order valence-electron chi connectivity index (χ0n) is 18.4. The van der Waals surface area contributed by atoms with Crippen LogP contribution in [0.25, 0.3) is 0 Å². The van der Waals surface area contributed by atoms with Crippen LogP contribution in [0.15, 0.2) is 0 Å². The van der Waals surface area contributed by atoms with Gasteiger partial charge in [-0.05, 0) is 0 Å². The molecule has 0 aromatic carbocycles. The average Bonchev–Trinajstić information content (AvgIpc) is 2.51. The predicted molar refractivity (Wildman–Crippen MR) is 117 cm³/mol. The normalized spacial score (nSPS) is 27.8. The Hall–Kier alpha value is 3.93. The SMILES string of the molecule is O=P(O)(O)OC1C(OP(=O)(O)O)C(OP(=O)(O)O)C(OP(=O)(O)O)C(OP(=O)(O)O)C1OP(=O)(O)O.[HH].[HH].[K].[K]. The molecule has 1 aliphatic rings. The van der Waals surface area contributed by atoms with Crippen LogP contribution in [0, 0.1) is 0 Å². The Balaban J connectivity index is -0.00000162. The summed E-state index contributed by atoms with van der Waals surface area (Å²) < 4.78 is 93.1. The first-order chi connectivity index (χ1) is 15.6. The molecular weight excluding hydrogens is 720 g/mol. The van der Waals surface area contributed by atoms with Gasteiger partial charge in [-0.15, -0.1) is 0 Å². The zero-order valence-corrected chi connectivity index (χ0v) is 30.0. The van der Waals surface area contributed by atoms with E-state index in [1.807, 2.05) is 0 Å². The summed E-state index contributed by atoms with van der Waals surface area (Å²) in [5, 5.41) is 0. The first kappa shape index (κ1) is 44.1. The van der Waals surface area contributed by atoms with Crippen LogP contribution in [-0.4, -0.2) is 198 Å². The molecule has 0 saturated heterocycles. The van der Waals surface area contributed by atoms with Crippen molar-refractivity contribution in [2.24, 2.45) is 0 Å². The monoisotopic (exact) mass is 742 g/mol. The van der Waals surface area contributed by atoms with Crippen molar-refractivity contribution in [3.8, 4) is 0 Å². The summed E-state index contributed by atoms with van der Waals surface area (Å²) in [6.45, 7) is 0. The first-order valence-corrected chi connectivity index (χ1v) is 17.2. The molecule has 222 valence electrons.